The SMILES string of the molecule is Cc1nc(C2CCC(C)C2)c(-c2ccc(Cl)cc2)c(=O)[nH]1. The second-order valence-corrected chi connectivity index (χ2v) is 6.47. The van der Waals surface area contributed by atoms with E-state index in [1.165, 1.54) is 6.42 Å². The predicted octanol–water partition coefficient (Wildman–Crippen LogP) is 4.30. The van der Waals surface area contributed by atoms with Crippen LogP contribution in [0.3, 0.4) is 0 Å². The number of rotatable bonds is 2. The Hall–Kier alpha value is -1.61. The van der Waals surface area contributed by atoms with Crippen molar-refractivity contribution in [1.29, 1.82) is 0 Å². The first-order valence-electron chi connectivity index (χ1n) is 7.41. The van der Waals surface area contributed by atoms with Crippen molar-refractivity contribution in [3.8, 4) is 11.1 Å². The second kappa shape index (κ2) is 5.64. The smallest absolute Gasteiger partial charge is 0.259 e. The van der Waals surface area contributed by atoms with Crippen LogP contribution in [0.25, 0.3) is 11.1 Å². The molecule has 0 spiro atoms. The van der Waals surface area contributed by atoms with Crippen molar-refractivity contribution in [2.45, 2.75) is 39.0 Å². The molecule has 0 amide bonds. The molecule has 1 aromatic carbocycles. The molecule has 2 atom stereocenters. The van der Waals surface area contributed by atoms with Gasteiger partial charge in [0.1, 0.15) is 5.82 Å². The summed E-state index contributed by atoms with van der Waals surface area (Å²) < 4.78 is 0. The van der Waals surface area contributed by atoms with Crippen LogP contribution in [0.5, 0.6) is 0 Å². The molecule has 0 aliphatic heterocycles. The Morgan fingerprint density at radius 3 is 2.57 bits per heavy atom. The van der Waals surface area contributed by atoms with E-state index in [1.54, 1.807) is 0 Å². The fourth-order valence-corrected chi connectivity index (χ4v) is 3.38. The Morgan fingerprint density at radius 1 is 1.24 bits per heavy atom. The molecular weight excluding hydrogens is 284 g/mol. The molecule has 1 saturated carbocycles. The van der Waals surface area contributed by atoms with Gasteiger partial charge in [-0.3, -0.25) is 4.79 Å². The first-order valence-corrected chi connectivity index (χ1v) is 7.79. The van der Waals surface area contributed by atoms with Crippen molar-refractivity contribution in [3.05, 3.63) is 51.2 Å². The van der Waals surface area contributed by atoms with E-state index in [0.717, 1.165) is 24.1 Å². The zero-order chi connectivity index (χ0) is 15.0. The summed E-state index contributed by atoms with van der Waals surface area (Å²) in [6.07, 6.45) is 3.42. The van der Waals surface area contributed by atoms with Crippen LogP contribution in [0, 0.1) is 12.8 Å². The minimum absolute atomic E-state index is 0.0561. The van der Waals surface area contributed by atoms with Crippen molar-refractivity contribution in [3.63, 3.8) is 0 Å². The Balaban J connectivity index is 2.14. The Morgan fingerprint density at radius 2 is 1.95 bits per heavy atom. The summed E-state index contributed by atoms with van der Waals surface area (Å²) in [4.78, 5) is 19.9. The van der Waals surface area contributed by atoms with Crippen LogP contribution in [0.2, 0.25) is 5.02 Å². The highest BCUT2D eigenvalue weighted by atomic mass is 35.5. The van der Waals surface area contributed by atoms with Gasteiger partial charge in [0.2, 0.25) is 0 Å². The molecule has 1 aliphatic carbocycles. The summed E-state index contributed by atoms with van der Waals surface area (Å²) in [6.45, 7) is 4.11. The maximum Gasteiger partial charge on any atom is 0.259 e. The van der Waals surface area contributed by atoms with Gasteiger partial charge in [-0.2, -0.15) is 0 Å². The molecule has 1 N–H and O–H groups in total. The summed E-state index contributed by atoms with van der Waals surface area (Å²) in [7, 11) is 0. The van der Waals surface area contributed by atoms with Crippen molar-refractivity contribution in [2.24, 2.45) is 5.92 Å². The molecular formula is C17H19ClN2O. The summed E-state index contributed by atoms with van der Waals surface area (Å²) >= 11 is 5.95. The van der Waals surface area contributed by atoms with E-state index >= 15 is 0 Å². The molecule has 1 aliphatic rings. The second-order valence-electron chi connectivity index (χ2n) is 6.03. The average Bonchev–Trinajstić information content (AvgIpc) is 2.86. The highest BCUT2D eigenvalue weighted by Gasteiger charge is 2.27. The van der Waals surface area contributed by atoms with Gasteiger partial charge in [-0.25, -0.2) is 4.98 Å². The van der Waals surface area contributed by atoms with E-state index in [0.29, 0.717) is 28.2 Å². The predicted molar refractivity (Wildman–Crippen MR) is 85.8 cm³/mol. The van der Waals surface area contributed by atoms with Gasteiger partial charge in [-0.15, -0.1) is 0 Å². The van der Waals surface area contributed by atoms with Crippen LogP contribution in [-0.4, -0.2) is 9.97 Å². The molecule has 3 nitrogen and oxygen atoms in total. The van der Waals surface area contributed by atoms with Crippen molar-refractivity contribution in [1.82, 2.24) is 9.97 Å². The number of aromatic amines is 1. The molecule has 2 aromatic rings. The monoisotopic (exact) mass is 302 g/mol. The minimum Gasteiger partial charge on any atom is -0.310 e. The molecule has 3 rings (SSSR count). The number of H-pyrrole nitrogens is 1. The lowest BCUT2D eigenvalue weighted by atomic mass is 9.94. The summed E-state index contributed by atoms with van der Waals surface area (Å²) in [5.41, 5.74) is 2.49. The van der Waals surface area contributed by atoms with Gasteiger partial charge in [-0.1, -0.05) is 37.1 Å². The number of aromatic nitrogens is 2. The molecule has 1 fully saturated rings. The fraction of sp³-hybridized carbons (Fsp3) is 0.412. The van der Waals surface area contributed by atoms with Gasteiger partial charge in [0.15, 0.2) is 0 Å². The lowest BCUT2D eigenvalue weighted by Gasteiger charge is -2.15. The number of benzene rings is 1. The van der Waals surface area contributed by atoms with E-state index < -0.39 is 0 Å². The molecule has 0 bridgehead atoms. The maximum atomic E-state index is 12.5. The third kappa shape index (κ3) is 2.88. The number of nitrogens with zero attached hydrogens (tertiary/aromatic N) is 1. The molecule has 21 heavy (non-hydrogen) atoms. The quantitative estimate of drug-likeness (QED) is 0.899. The van der Waals surface area contributed by atoms with E-state index in [-0.39, 0.29) is 5.56 Å². The third-order valence-electron chi connectivity index (χ3n) is 4.28. The number of nitrogens with one attached hydrogen (secondary N) is 1. The van der Waals surface area contributed by atoms with E-state index in [1.807, 2.05) is 31.2 Å². The minimum atomic E-state index is -0.0561. The maximum absolute atomic E-state index is 12.5. The summed E-state index contributed by atoms with van der Waals surface area (Å²) in [5, 5.41) is 0.672. The van der Waals surface area contributed by atoms with Crippen LogP contribution >= 0.6 is 11.6 Å². The summed E-state index contributed by atoms with van der Waals surface area (Å²) in [5.74, 6) is 1.77. The fourth-order valence-electron chi connectivity index (χ4n) is 3.25. The first-order chi connectivity index (χ1) is 10.0. The van der Waals surface area contributed by atoms with Crippen LogP contribution in [-0.2, 0) is 0 Å². The van der Waals surface area contributed by atoms with Crippen LogP contribution in [0.15, 0.2) is 29.1 Å². The zero-order valence-electron chi connectivity index (χ0n) is 12.3. The van der Waals surface area contributed by atoms with Gasteiger partial charge in [0.25, 0.3) is 5.56 Å². The van der Waals surface area contributed by atoms with E-state index in [2.05, 4.69) is 16.9 Å². The molecule has 4 heteroatoms. The van der Waals surface area contributed by atoms with Crippen molar-refractivity contribution >= 4 is 11.6 Å². The van der Waals surface area contributed by atoms with E-state index in [9.17, 15) is 4.79 Å². The molecule has 0 saturated heterocycles. The lowest BCUT2D eigenvalue weighted by Crippen LogP contribution is -2.17. The Kier molecular flexibility index (Phi) is 3.85. The Labute approximate surface area is 129 Å². The van der Waals surface area contributed by atoms with Gasteiger partial charge in [-0.05, 0) is 43.4 Å². The zero-order valence-corrected chi connectivity index (χ0v) is 13.1. The number of halogens is 1. The van der Waals surface area contributed by atoms with Gasteiger partial charge >= 0.3 is 0 Å². The summed E-state index contributed by atoms with van der Waals surface area (Å²) in [6, 6.07) is 7.42. The highest BCUT2D eigenvalue weighted by Crippen LogP contribution is 2.39. The van der Waals surface area contributed by atoms with Crippen LogP contribution < -0.4 is 5.56 Å². The topological polar surface area (TPSA) is 45.8 Å². The van der Waals surface area contributed by atoms with Gasteiger partial charge in [0, 0.05) is 10.9 Å². The molecule has 1 heterocycles. The third-order valence-corrected chi connectivity index (χ3v) is 4.53. The number of aryl methyl sites for hydroxylation is 1. The number of hydrogen-bond donors (Lipinski definition) is 1. The van der Waals surface area contributed by atoms with Crippen molar-refractivity contribution < 1.29 is 0 Å². The van der Waals surface area contributed by atoms with Crippen LogP contribution in [0.4, 0.5) is 0 Å². The van der Waals surface area contributed by atoms with E-state index in [4.69, 9.17) is 11.6 Å². The standard InChI is InChI=1S/C17H19ClN2O/c1-10-3-4-13(9-10)16-15(17(21)20-11(2)19-16)12-5-7-14(18)8-6-12/h5-8,10,13H,3-4,9H2,1-2H3,(H,19,20,21). The normalized spacial score (nSPS) is 21.7. The first kappa shape index (κ1) is 14.3. The van der Waals surface area contributed by atoms with Crippen LogP contribution in [0.1, 0.15) is 43.6 Å². The van der Waals surface area contributed by atoms with Gasteiger partial charge in [0.05, 0.1) is 11.3 Å². The molecule has 0 radical (unpaired) electrons. The van der Waals surface area contributed by atoms with Gasteiger partial charge < -0.3 is 4.98 Å². The molecule has 110 valence electrons. The average molecular weight is 303 g/mol. The lowest BCUT2D eigenvalue weighted by molar-refractivity contribution is 0.591. The molecule has 1 aromatic heterocycles. The highest BCUT2D eigenvalue weighted by molar-refractivity contribution is 6.30. The number of hydrogen-bond acceptors (Lipinski definition) is 2. The molecule has 2 unspecified atom stereocenters. The Bertz CT molecular complexity index is 706. The largest absolute Gasteiger partial charge is 0.310 e. The van der Waals surface area contributed by atoms with Crippen molar-refractivity contribution in [2.75, 3.05) is 0 Å².